The van der Waals surface area contributed by atoms with Crippen molar-refractivity contribution in [3.63, 3.8) is 0 Å². The summed E-state index contributed by atoms with van der Waals surface area (Å²) in [5.74, 6) is 0.354. The lowest BCUT2D eigenvalue weighted by atomic mass is 10.2. The summed E-state index contributed by atoms with van der Waals surface area (Å²) >= 11 is 5.81. The number of rotatable bonds is 5. The number of benzene rings is 1. The predicted octanol–water partition coefficient (Wildman–Crippen LogP) is 0.803. The maximum Gasteiger partial charge on any atom is 0.240 e. The van der Waals surface area contributed by atoms with Gasteiger partial charge in [0.1, 0.15) is 0 Å². The van der Waals surface area contributed by atoms with E-state index < -0.39 is 10.0 Å². The lowest BCUT2D eigenvalue weighted by Crippen LogP contribution is -2.32. The monoisotopic (exact) mass is 318 g/mol. The summed E-state index contributed by atoms with van der Waals surface area (Å²) in [6.07, 6.45) is 0. The van der Waals surface area contributed by atoms with Crippen LogP contribution in [-0.4, -0.2) is 46.5 Å². The molecule has 0 saturated carbocycles. The van der Waals surface area contributed by atoms with Crippen molar-refractivity contribution in [3.8, 4) is 0 Å². The summed E-state index contributed by atoms with van der Waals surface area (Å²) in [7, 11) is -0.0303. The summed E-state index contributed by atoms with van der Waals surface area (Å²) < 4.78 is 26.7. The third-order valence-corrected chi connectivity index (χ3v) is 4.42. The van der Waals surface area contributed by atoms with Gasteiger partial charge in [-0.1, -0.05) is 11.6 Å². The Kier molecular flexibility index (Phi) is 5.79. The van der Waals surface area contributed by atoms with Gasteiger partial charge in [-0.15, -0.1) is 0 Å². The number of hydrogen-bond donors (Lipinski definition) is 2. The normalized spacial score (nSPS) is 12.5. The predicted molar refractivity (Wildman–Crippen MR) is 81.6 cm³/mol. The Balaban J connectivity index is 2.69. The average Bonchev–Trinajstić information content (AvgIpc) is 2.33. The van der Waals surface area contributed by atoms with Gasteiger partial charge in [0.15, 0.2) is 5.96 Å². The van der Waals surface area contributed by atoms with Gasteiger partial charge >= 0.3 is 0 Å². The number of aryl methyl sites for hydroxylation is 1. The Hall–Kier alpha value is -1.31. The molecule has 8 heteroatoms. The molecule has 0 fully saturated rings. The quantitative estimate of drug-likeness (QED) is 0.477. The Morgan fingerprint density at radius 1 is 1.45 bits per heavy atom. The number of nitrogens with zero attached hydrogens (tertiary/aromatic N) is 2. The van der Waals surface area contributed by atoms with E-state index in [0.717, 1.165) is 0 Å². The van der Waals surface area contributed by atoms with E-state index in [2.05, 4.69) is 9.71 Å². The fourth-order valence-corrected chi connectivity index (χ4v) is 2.96. The second kappa shape index (κ2) is 6.92. The highest BCUT2D eigenvalue weighted by molar-refractivity contribution is 7.89. The van der Waals surface area contributed by atoms with E-state index >= 15 is 0 Å². The molecule has 6 nitrogen and oxygen atoms in total. The maximum atomic E-state index is 12.1. The fraction of sp³-hybridized carbons (Fsp3) is 0.417. The van der Waals surface area contributed by atoms with Crippen molar-refractivity contribution >= 4 is 27.6 Å². The highest BCUT2D eigenvalue weighted by Crippen LogP contribution is 2.19. The van der Waals surface area contributed by atoms with E-state index in [4.69, 9.17) is 17.3 Å². The number of aliphatic imine (C=N–C) groups is 1. The Morgan fingerprint density at radius 2 is 2.10 bits per heavy atom. The van der Waals surface area contributed by atoms with Crippen LogP contribution in [0, 0.1) is 6.92 Å². The first kappa shape index (κ1) is 16.7. The second-order valence-electron chi connectivity index (χ2n) is 4.44. The van der Waals surface area contributed by atoms with Gasteiger partial charge in [-0.3, -0.25) is 4.99 Å². The van der Waals surface area contributed by atoms with Gasteiger partial charge in [0.25, 0.3) is 0 Å². The van der Waals surface area contributed by atoms with Crippen LogP contribution in [0.3, 0.4) is 0 Å². The van der Waals surface area contributed by atoms with Crippen molar-refractivity contribution < 1.29 is 8.42 Å². The summed E-state index contributed by atoms with van der Waals surface area (Å²) in [4.78, 5) is 5.89. The minimum absolute atomic E-state index is 0.180. The highest BCUT2D eigenvalue weighted by atomic mass is 35.5. The Morgan fingerprint density at radius 3 is 2.65 bits per heavy atom. The average molecular weight is 319 g/mol. The summed E-state index contributed by atoms with van der Waals surface area (Å²) in [6.45, 7) is 2.15. The molecule has 3 N–H and O–H groups in total. The third-order valence-electron chi connectivity index (χ3n) is 2.56. The summed E-state index contributed by atoms with van der Waals surface area (Å²) in [6, 6.07) is 4.64. The van der Waals surface area contributed by atoms with Crippen molar-refractivity contribution in [2.75, 3.05) is 27.2 Å². The molecule has 0 radical (unpaired) electrons. The largest absolute Gasteiger partial charge is 0.370 e. The molecule has 0 aliphatic heterocycles. The summed E-state index contributed by atoms with van der Waals surface area (Å²) in [5.41, 5.74) is 6.20. The van der Waals surface area contributed by atoms with Gasteiger partial charge in [0, 0.05) is 25.7 Å². The molecule has 0 unspecified atom stereocenters. The highest BCUT2D eigenvalue weighted by Gasteiger charge is 2.15. The van der Waals surface area contributed by atoms with E-state index in [1.807, 2.05) is 0 Å². The molecule has 0 aliphatic rings. The number of guanidine groups is 1. The Bertz CT molecular complexity index is 599. The van der Waals surface area contributed by atoms with E-state index in [1.165, 1.54) is 6.07 Å². The minimum Gasteiger partial charge on any atom is -0.370 e. The minimum atomic E-state index is -3.56. The first-order valence-electron chi connectivity index (χ1n) is 5.97. The fourth-order valence-electron chi connectivity index (χ4n) is 1.48. The van der Waals surface area contributed by atoms with Crippen LogP contribution in [0.15, 0.2) is 28.1 Å². The molecule has 1 aromatic rings. The van der Waals surface area contributed by atoms with Crippen molar-refractivity contribution in [3.05, 3.63) is 28.8 Å². The van der Waals surface area contributed by atoms with Gasteiger partial charge in [-0.05, 0) is 30.7 Å². The van der Waals surface area contributed by atoms with Crippen LogP contribution in [-0.2, 0) is 10.0 Å². The number of sulfonamides is 1. The van der Waals surface area contributed by atoms with Crippen LogP contribution in [0.25, 0.3) is 0 Å². The van der Waals surface area contributed by atoms with Crippen molar-refractivity contribution in [1.82, 2.24) is 9.62 Å². The molecule has 20 heavy (non-hydrogen) atoms. The molecular weight excluding hydrogens is 300 g/mol. The van der Waals surface area contributed by atoms with Crippen LogP contribution in [0.4, 0.5) is 0 Å². The molecule has 1 rings (SSSR count). The molecule has 112 valence electrons. The zero-order chi connectivity index (χ0) is 15.3. The van der Waals surface area contributed by atoms with Crippen molar-refractivity contribution in [1.29, 1.82) is 0 Å². The molecule has 0 aliphatic carbocycles. The lowest BCUT2D eigenvalue weighted by molar-refractivity contribution is 0.580. The lowest BCUT2D eigenvalue weighted by Gasteiger charge is -2.11. The Labute approximate surface area is 124 Å². The summed E-state index contributed by atoms with van der Waals surface area (Å²) in [5, 5.41) is 0.504. The second-order valence-corrected chi connectivity index (χ2v) is 6.61. The van der Waals surface area contributed by atoms with Crippen LogP contribution in [0.5, 0.6) is 0 Å². The molecule has 0 amide bonds. The van der Waals surface area contributed by atoms with E-state index in [0.29, 0.717) is 16.5 Å². The molecular formula is C12H19ClN4O2S. The molecule has 0 atom stereocenters. The maximum absolute atomic E-state index is 12.1. The number of halogens is 1. The number of nitrogens with two attached hydrogens (primary N) is 1. The molecule has 0 spiro atoms. The van der Waals surface area contributed by atoms with Crippen molar-refractivity contribution in [2.45, 2.75) is 11.8 Å². The van der Waals surface area contributed by atoms with Crippen LogP contribution in [0.2, 0.25) is 5.02 Å². The molecule has 1 aromatic carbocycles. The van der Waals surface area contributed by atoms with Crippen molar-refractivity contribution in [2.24, 2.45) is 10.7 Å². The zero-order valence-electron chi connectivity index (χ0n) is 11.7. The van der Waals surface area contributed by atoms with Gasteiger partial charge in [0.05, 0.1) is 11.4 Å². The standard InChI is InChI=1S/C12H19ClN4O2S/c1-9-8-10(13)4-5-11(9)20(18,19)16-7-6-15-12(14)17(2)3/h4-5,8,16H,6-7H2,1-3H3,(H2,14,15). The van der Waals surface area contributed by atoms with Gasteiger partial charge < -0.3 is 10.6 Å². The van der Waals surface area contributed by atoms with E-state index in [-0.39, 0.29) is 18.0 Å². The van der Waals surface area contributed by atoms with Gasteiger partial charge in [-0.2, -0.15) is 0 Å². The SMILES string of the molecule is Cc1cc(Cl)ccc1S(=O)(=O)NCCN=C(N)N(C)C. The molecule has 0 heterocycles. The van der Waals surface area contributed by atoms with E-state index in [9.17, 15) is 8.42 Å². The molecule has 0 saturated heterocycles. The van der Waals surface area contributed by atoms with Crippen LogP contribution < -0.4 is 10.5 Å². The van der Waals surface area contributed by atoms with Gasteiger partial charge in [0.2, 0.25) is 10.0 Å². The van der Waals surface area contributed by atoms with Crippen LogP contribution in [0.1, 0.15) is 5.56 Å². The van der Waals surface area contributed by atoms with Crippen LogP contribution >= 0.6 is 11.6 Å². The number of hydrogen-bond acceptors (Lipinski definition) is 3. The molecule has 0 aromatic heterocycles. The smallest absolute Gasteiger partial charge is 0.240 e. The number of nitrogens with one attached hydrogen (secondary N) is 1. The first-order valence-corrected chi connectivity index (χ1v) is 7.83. The van der Waals surface area contributed by atoms with Gasteiger partial charge in [-0.25, -0.2) is 13.1 Å². The topological polar surface area (TPSA) is 87.8 Å². The van der Waals surface area contributed by atoms with E-state index in [1.54, 1.807) is 38.1 Å². The first-order chi connectivity index (χ1) is 9.24. The third kappa shape index (κ3) is 4.66. The zero-order valence-corrected chi connectivity index (χ0v) is 13.3. The molecule has 0 bridgehead atoms.